The molecule has 6 nitrogen and oxygen atoms in total. The van der Waals surface area contributed by atoms with Crippen LogP contribution in [-0.4, -0.2) is 25.5 Å². The van der Waals surface area contributed by atoms with E-state index in [1.54, 1.807) is 13.1 Å². The number of halogens is 1. The summed E-state index contributed by atoms with van der Waals surface area (Å²) in [5.41, 5.74) is 8.71. The lowest BCUT2D eigenvalue weighted by Crippen LogP contribution is -2.36. The molecule has 0 aliphatic carbocycles. The number of hydrogen-bond acceptors (Lipinski definition) is 3. The number of aryl methyl sites for hydroxylation is 1. The number of guanidine groups is 1. The molecule has 0 saturated heterocycles. The van der Waals surface area contributed by atoms with Crippen LogP contribution in [0.3, 0.4) is 0 Å². The molecule has 2 aromatic carbocycles. The van der Waals surface area contributed by atoms with Crippen LogP contribution in [0.4, 0.5) is 0 Å². The molecule has 0 unspecified atom stereocenters. The van der Waals surface area contributed by atoms with E-state index < -0.39 is 5.91 Å². The summed E-state index contributed by atoms with van der Waals surface area (Å²) in [6.45, 7) is 3.32. The van der Waals surface area contributed by atoms with Crippen molar-refractivity contribution in [2.24, 2.45) is 10.7 Å². The quantitative estimate of drug-likeness (QED) is 0.307. The standard InChI is InChI=1S/C20H26N4O2.HI/c1-3-16-8-4-5-9-17(16)13-24-20(22-2)23-12-15-7-6-10-18(11-15)26-14-19(21)25;/h4-11H,3,12-14H2,1-2H3,(H2,21,25)(H2,22,23,24);1H. The Morgan fingerprint density at radius 2 is 1.78 bits per heavy atom. The van der Waals surface area contributed by atoms with E-state index in [1.807, 2.05) is 24.3 Å². The molecule has 146 valence electrons. The molecule has 27 heavy (non-hydrogen) atoms. The van der Waals surface area contributed by atoms with E-state index in [0.717, 1.165) is 17.9 Å². The van der Waals surface area contributed by atoms with E-state index in [9.17, 15) is 4.79 Å². The second-order valence-corrected chi connectivity index (χ2v) is 5.80. The van der Waals surface area contributed by atoms with Gasteiger partial charge in [-0.05, 0) is 35.2 Å². The Labute approximate surface area is 177 Å². The van der Waals surface area contributed by atoms with Gasteiger partial charge in [0.1, 0.15) is 5.75 Å². The maximum absolute atomic E-state index is 10.8. The molecule has 0 heterocycles. The Hall–Kier alpha value is -2.29. The smallest absolute Gasteiger partial charge is 0.255 e. The van der Waals surface area contributed by atoms with Crippen LogP contribution in [0.1, 0.15) is 23.6 Å². The number of hydrogen-bond donors (Lipinski definition) is 3. The zero-order valence-corrected chi connectivity index (χ0v) is 18.0. The van der Waals surface area contributed by atoms with E-state index in [0.29, 0.717) is 18.8 Å². The maximum Gasteiger partial charge on any atom is 0.255 e. The minimum Gasteiger partial charge on any atom is -0.484 e. The third-order valence-corrected chi connectivity index (χ3v) is 3.91. The number of carbonyl (C=O) groups excluding carboxylic acids is 1. The summed E-state index contributed by atoms with van der Waals surface area (Å²) in [5.74, 6) is 0.841. The van der Waals surface area contributed by atoms with Gasteiger partial charge >= 0.3 is 0 Å². The number of nitrogens with zero attached hydrogens (tertiary/aromatic N) is 1. The highest BCUT2D eigenvalue weighted by molar-refractivity contribution is 14.0. The van der Waals surface area contributed by atoms with Crippen LogP contribution < -0.4 is 21.1 Å². The van der Waals surface area contributed by atoms with E-state index in [4.69, 9.17) is 10.5 Å². The lowest BCUT2D eigenvalue weighted by molar-refractivity contribution is -0.119. The van der Waals surface area contributed by atoms with Gasteiger partial charge in [-0.3, -0.25) is 9.79 Å². The lowest BCUT2D eigenvalue weighted by atomic mass is 10.1. The molecule has 0 radical (unpaired) electrons. The number of carbonyl (C=O) groups is 1. The van der Waals surface area contributed by atoms with Gasteiger partial charge in [-0.25, -0.2) is 0 Å². The van der Waals surface area contributed by atoms with Crippen LogP contribution in [-0.2, 0) is 24.3 Å². The first-order valence-corrected chi connectivity index (χ1v) is 8.63. The highest BCUT2D eigenvalue weighted by atomic mass is 127. The molecule has 0 saturated carbocycles. The third-order valence-electron chi connectivity index (χ3n) is 3.91. The Kier molecular flexibility index (Phi) is 10.2. The Balaban J connectivity index is 0.00000364. The second-order valence-electron chi connectivity index (χ2n) is 5.80. The number of amides is 1. The molecular weight excluding hydrogens is 455 g/mol. The number of rotatable bonds is 8. The van der Waals surface area contributed by atoms with Crippen molar-refractivity contribution in [2.45, 2.75) is 26.4 Å². The fraction of sp³-hybridized carbons (Fsp3) is 0.300. The molecule has 0 spiro atoms. The minimum absolute atomic E-state index is 0. The molecule has 0 bridgehead atoms. The normalized spacial score (nSPS) is 10.7. The SMILES string of the molecule is CCc1ccccc1CNC(=NC)NCc1cccc(OCC(N)=O)c1.I. The van der Waals surface area contributed by atoms with Gasteiger partial charge in [0.2, 0.25) is 0 Å². The Morgan fingerprint density at radius 3 is 2.44 bits per heavy atom. The zero-order valence-electron chi connectivity index (χ0n) is 15.7. The first-order valence-electron chi connectivity index (χ1n) is 8.63. The fourth-order valence-corrected chi connectivity index (χ4v) is 2.56. The summed E-state index contributed by atoms with van der Waals surface area (Å²) in [7, 11) is 1.74. The average molecular weight is 482 g/mol. The Bertz CT molecular complexity index is 765. The number of ether oxygens (including phenoxy) is 1. The molecule has 0 aromatic heterocycles. The van der Waals surface area contributed by atoms with E-state index >= 15 is 0 Å². The summed E-state index contributed by atoms with van der Waals surface area (Å²) in [5, 5.41) is 6.61. The minimum atomic E-state index is -0.495. The number of nitrogens with two attached hydrogens (primary N) is 1. The molecule has 0 fully saturated rings. The third kappa shape index (κ3) is 7.86. The summed E-state index contributed by atoms with van der Waals surface area (Å²) in [4.78, 5) is 15.1. The van der Waals surface area contributed by atoms with Gasteiger partial charge in [0.25, 0.3) is 5.91 Å². The molecule has 2 aromatic rings. The molecule has 0 atom stereocenters. The summed E-state index contributed by atoms with van der Waals surface area (Å²) in [6, 6.07) is 15.9. The molecule has 7 heteroatoms. The van der Waals surface area contributed by atoms with Crippen molar-refractivity contribution < 1.29 is 9.53 Å². The number of nitrogens with one attached hydrogen (secondary N) is 2. The van der Waals surface area contributed by atoms with Crippen LogP contribution in [0.15, 0.2) is 53.5 Å². The van der Waals surface area contributed by atoms with E-state index in [1.165, 1.54) is 11.1 Å². The number of benzene rings is 2. The van der Waals surface area contributed by atoms with Gasteiger partial charge in [0.15, 0.2) is 12.6 Å². The molecule has 0 aliphatic heterocycles. The van der Waals surface area contributed by atoms with Crippen molar-refractivity contribution in [2.75, 3.05) is 13.7 Å². The first kappa shape index (κ1) is 22.8. The average Bonchev–Trinajstić information content (AvgIpc) is 2.67. The largest absolute Gasteiger partial charge is 0.484 e. The van der Waals surface area contributed by atoms with Gasteiger partial charge < -0.3 is 21.1 Å². The van der Waals surface area contributed by atoms with Crippen molar-refractivity contribution in [1.29, 1.82) is 0 Å². The first-order chi connectivity index (χ1) is 12.6. The summed E-state index contributed by atoms with van der Waals surface area (Å²) < 4.78 is 5.32. The highest BCUT2D eigenvalue weighted by Crippen LogP contribution is 2.13. The van der Waals surface area contributed by atoms with Crippen LogP contribution in [0, 0.1) is 0 Å². The van der Waals surface area contributed by atoms with Gasteiger partial charge in [-0.15, -0.1) is 24.0 Å². The van der Waals surface area contributed by atoms with Crippen LogP contribution in [0.2, 0.25) is 0 Å². The molecule has 2 rings (SSSR count). The topological polar surface area (TPSA) is 88.7 Å². The van der Waals surface area contributed by atoms with Crippen LogP contribution >= 0.6 is 24.0 Å². The molecule has 4 N–H and O–H groups in total. The number of aliphatic imine (C=N–C) groups is 1. The van der Waals surface area contributed by atoms with Crippen molar-refractivity contribution in [3.05, 3.63) is 65.2 Å². The van der Waals surface area contributed by atoms with Gasteiger partial charge in [0, 0.05) is 20.1 Å². The second kappa shape index (κ2) is 12.2. The predicted molar refractivity (Wildman–Crippen MR) is 119 cm³/mol. The van der Waals surface area contributed by atoms with E-state index in [-0.39, 0.29) is 30.6 Å². The molecular formula is C20H27IN4O2. The van der Waals surface area contributed by atoms with Crippen molar-refractivity contribution in [3.63, 3.8) is 0 Å². The predicted octanol–water partition coefficient (Wildman–Crippen LogP) is 2.60. The fourth-order valence-electron chi connectivity index (χ4n) is 2.56. The van der Waals surface area contributed by atoms with Gasteiger partial charge in [0.05, 0.1) is 0 Å². The van der Waals surface area contributed by atoms with Gasteiger partial charge in [-0.2, -0.15) is 0 Å². The van der Waals surface area contributed by atoms with Crippen LogP contribution in [0.5, 0.6) is 5.75 Å². The van der Waals surface area contributed by atoms with Crippen molar-refractivity contribution in [1.82, 2.24) is 10.6 Å². The Morgan fingerprint density at radius 1 is 1.07 bits per heavy atom. The lowest BCUT2D eigenvalue weighted by Gasteiger charge is -2.14. The highest BCUT2D eigenvalue weighted by Gasteiger charge is 2.04. The number of primary amides is 1. The summed E-state index contributed by atoms with van der Waals surface area (Å²) >= 11 is 0. The van der Waals surface area contributed by atoms with Crippen LogP contribution in [0.25, 0.3) is 0 Å². The maximum atomic E-state index is 10.8. The van der Waals surface area contributed by atoms with Crippen molar-refractivity contribution in [3.8, 4) is 5.75 Å². The molecule has 0 aliphatic rings. The summed E-state index contributed by atoms with van der Waals surface area (Å²) in [6.07, 6.45) is 1.00. The zero-order chi connectivity index (χ0) is 18.8. The van der Waals surface area contributed by atoms with Gasteiger partial charge in [-0.1, -0.05) is 43.3 Å². The van der Waals surface area contributed by atoms with E-state index in [2.05, 4.69) is 40.7 Å². The monoisotopic (exact) mass is 482 g/mol. The molecule has 1 amide bonds. The van der Waals surface area contributed by atoms with Crippen molar-refractivity contribution >= 4 is 35.8 Å².